The second-order valence-electron chi connectivity index (χ2n) is 12.5. The van der Waals surface area contributed by atoms with Gasteiger partial charge in [0.1, 0.15) is 42.2 Å². The quantitative estimate of drug-likeness (QED) is 0.325. The Morgan fingerprint density at radius 3 is 2.93 bits per heavy atom. The van der Waals surface area contributed by atoms with Gasteiger partial charge in [0.2, 0.25) is 0 Å². The molecule has 10 heteroatoms. The average Bonchev–Trinajstić information content (AvgIpc) is 3.74. The van der Waals surface area contributed by atoms with Crippen molar-refractivity contribution in [3.05, 3.63) is 58.1 Å². The van der Waals surface area contributed by atoms with Gasteiger partial charge in [-0.25, -0.2) is 13.8 Å². The summed E-state index contributed by atoms with van der Waals surface area (Å²) in [4.78, 5) is 21.0. The van der Waals surface area contributed by atoms with Crippen molar-refractivity contribution in [2.45, 2.75) is 43.4 Å². The molecule has 3 aromatic carbocycles. The minimum Gasteiger partial charge on any atom is -0.508 e. The van der Waals surface area contributed by atoms with Crippen molar-refractivity contribution in [3.63, 3.8) is 0 Å². The molecule has 0 spiro atoms. The molecular weight excluding hydrogens is 568 g/mol. The normalized spacial score (nSPS) is 26.2. The van der Waals surface area contributed by atoms with Gasteiger partial charge >= 0.3 is 5.56 Å². The second kappa shape index (κ2) is 10.2. The van der Waals surface area contributed by atoms with Crippen molar-refractivity contribution in [1.82, 2.24) is 14.5 Å². The Morgan fingerprint density at radius 2 is 2.11 bits per heavy atom. The van der Waals surface area contributed by atoms with E-state index in [2.05, 4.69) is 10.8 Å². The van der Waals surface area contributed by atoms with E-state index in [0.29, 0.717) is 64.9 Å². The monoisotopic (exact) mass is 599 g/mol. The van der Waals surface area contributed by atoms with Gasteiger partial charge < -0.3 is 19.3 Å². The maximum atomic E-state index is 14.9. The van der Waals surface area contributed by atoms with Crippen LogP contribution in [0.15, 0.2) is 41.2 Å². The molecule has 8 nitrogen and oxygen atoms in total. The number of aromatic hydroxyl groups is 1. The van der Waals surface area contributed by atoms with Gasteiger partial charge in [-0.1, -0.05) is 12.0 Å². The van der Waals surface area contributed by atoms with Crippen LogP contribution in [-0.2, 0) is 4.74 Å². The van der Waals surface area contributed by atoms with Gasteiger partial charge in [0.25, 0.3) is 5.88 Å². The lowest BCUT2D eigenvalue weighted by atomic mass is 9.93. The van der Waals surface area contributed by atoms with Crippen molar-refractivity contribution in [1.29, 1.82) is 0 Å². The largest absolute Gasteiger partial charge is 0.508 e. The Kier molecular flexibility index (Phi) is 6.33. The van der Waals surface area contributed by atoms with Crippen LogP contribution in [0, 0.1) is 24.1 Å². The first-order chi connectivity index (χ1) is 21.3. The zero-order chi connectivity index (χ0) is 30.2. The summed E-state index contributed by atoms with van der Waals surface area (Å²) in [7, 11) is 0. The summed E-state index contributed by atoms with van der Waals surface area (Å²) in [5, 5.41) is 11.7. The van der Waals surface area contributed by atoms with Crippen LogP contribution in [0.2, 0.25) is 0 Å². The highest BCUT2D eigenvalue weighted by atomic mass is 19.1. The van der Waals surface area contributed by atoms with E-state index < -0.39 is 17.5 Å². The molecule has 44 heavy (non-hydrogen) atoms. The van der Waals surface area contributed by atoms with Crippen LogP contribution < -0.4 is 15.0 Å². The van der Waals surface area contributed by atoms with Crippen molar-refractivity contribution in [2.75, 3.05) is 39.5 Å². The number of aromatic nitrogens is 2. The van der Waals surface area contributed by atoms with E-state index in [1.807, 2.05) is 0 Å². The zero-order valence-corrected chi connectivity index (χ0v) is 24.0. The molecule has 0 aliphatic carbocycles. The molecule has 8 rings (SSSR count). The van der Waals surface area contributed by atoms with Crippen LogP contribution in [0.1, 0.15) is 37.3 Å². The number of phenols is 1. The number of halogens is 2. The van der Waals surface area contributed by atoms with E-state index in [1.54, 1.807) is 22.8 Å². The smallest absolute Gasteiger partial charge is 0.314 e. The maximum absolute atomic E-state index is 14.9. The number of hydrogen-bond acceptors (Lipinski definition) is 7. The van der Waals surface area contributed by atoms with Crippen LogP contribution in [0.3, 0.4) is 0 Å². The van der Waals surface area contributed by atoms with Gasteiger partial charge in [-0.15, -0.1) is 6.42 Å². The third-order valence-electron chi connectivity index (χ3n) is 9.92. The lowest BCUT2D eigenvalue weighted by Crippen LogP contribution is -2.44. The van der Waals surface area contributed by atoms with Crippen LogP contribution >= 0.6 is 0 Å². The molecule has 4 aliphatic heterocycles. The number of nitrogens with zero attached hydrogens (tertiary/aromatic N) is 3. The highest BCUT2D eigenvalue weighted by Crippen LogP contribution is 2.43. The van der Waals surface area contributed by atoms with Crippen LogP contribution in [0.25, 0.3) is 32.9 Å². The molecule has 0 amide bonds. The first-order valence-electron chi connectivity index (χ1n) is 15.1. The highest BCUT2D eigenvalue weighted by Gasteiger charge is 2.49. The summed E-state index contributed by atoms with van der Waals surface area (Å²) in [5.74, 6) is 2.37. The fourth-order valence-corrected chi connectivity index (χ4v) is 7.86. The molecule has 0 bridgehead atoms. The number of rotatable bonds is 5. The first-order valence-corrected chi connectivity index (χ1v) is 15.1. The van der Waals surface area contributed by atoms with E-state index in [-0.39, 0.29) is 47.9 Å². The molecule has 3 fully saturated rings. The molecule has 0 saturated carbocycles. The van der Waals surface area contributed by atoms with Crippen molar-refractivity contribution in [2.24, 2.45) is 5.92 Å². The van der Waals surface area contributed by atoms with Gasteiger partial charge in [0.15, 0.2) is 0 Å². The number of hydrogen-bond donors (Lipinski definition) is 1. The van der Waals surface area contributed by atoms with E-state index in [1.165, 1.54) is 18.2 Å². The summed E-state index contributed by atoms with van der Waals surface area (Å²) in [6, 6.07) is 9.19. The van der Waals surface area contributed by atoms with E-state index in [0.717, 1.165) is 25.8 Å². The SMILES string of the molecule is C#Cc1c(F)ccc2cc(O)cc(-c3cc4c5c(c3)nc(OCC36CCCN3C[C@H](F)C6)c(=O)n5C(C3CCOC3)CO4)c12. The van der Waals surface area contributed by atoms with Crippen LogP contribution in [0.5, 0.6) is 17.4 Å². The molecule has 226 valence electrons. The minimum absolute atomic E-state index is 0.0110. The maximum Gasteiger partial charge on any atom is 0.314 e. The third-order valence-corrected chi connectivity index (χ3v) is 9.92. The highest BCUT2D eigenvalue weighted by molar-refractivity contribution is 6.03. The number of benzene rings is 3. The standard InChI is InChI=1S/C34H31F2N3O5/c1-2-24-26(36)5-4-19-10-23(40)13-25(30(19)24)21-11-27-31-29(12-21)43-17-28(20-6-9-42-16-20)39(31)33(41)32(37-27)44-18-34-7-3-8-38(34)15-22(35)14-34/h1,4-5,10-13,20,22,28,40H,3,6-9,14-18H2/t20?,22-,28?,34?/m1/s1. The Balaban J connectivity index is 1.31. The summed E-state index contributed by atoms with van der Waals surface area (Å²) < 4.78 is 49.3. The van der Waals surface area contributed by atoms with Gasteiger partial charge in [-0.05, 0) is 72.7 Å². The number of terminal acetylenes is 1. The van der Waals surface area contributed by atoms with Crippen molar-refractivity contribution >= 4 is 21.8 Å². The van der Waals surface area contributed by atoms with Gasteiger partial charge in [0.05, 0.1) is 29.3 Å². The fourth-order valence-electron chi connectivity index (χ4n) is 7.86. The summed E-state index contributed by atoms with van der Waals surface area (Å²) in [6.07, 6.45) is 7.74. The summed E-state index contributed by atoms with van der Waals surface area (Å²) in [5.41, 5.74) is 1.34. The Morgan fingerprint density at radius 1 is 1.23 bits per heavy atom. The molecule has 1 N–H and O–H groups in total. The zero-order valence-electron chi connectivity index (χ0n) is 24.0. The van der Waals surface area contributed by atoms with E-state index >= 15 is 0 Å². The Hall–Kier alpha value is -4.20. The molecule has 1 aromatic heterocycles. The van der Waals surface area contributed by atoms with E-state index in [4.69, 9.17) is 25.6 Å². The predicted octanol–water partition coefficient (Wildman–Crippen LogP) is 4.97. The van der Waals surface area contributed by atoms with Crippen LogP contribution in [0.4, 0.5) is 8.78 Å². The molecular formula is C34H31F2N3O5. The minimum atomic E-state index is -0.922. The number of fused-ring (bicyclic) bond motifs is 2. The lowest BCUT2D eigenvalue weighted by Gasteiger charge is -2.33. The van der Waals surface area contributed by atoms with Crippen LogP contribution in [-0.4, -0.2) is 70.8 Å². The molecule has 4 aliphatic rings. The molecule has 5 heterocycles. The predicted molar refractivity (Wildman–Crippen MR) is 161 cm³/mol. The number of ether oxygens (including phenoxy) is 3. The van der Waals surface area contributed by atoms with E-state index in [9.17, 15) is 18.7 Å². The molecule has 3 saturated heterocycles. The topological polar surface area (TPSA) is 86.1 Å². The Bertz CT molecular complexity index is 1930. The second-order valence-corrected chi connectivity index (χ2v) is 12.5. The molecule has 4 aromatic rings. The fraction of sp³-hybridized carbons (Fsp3) is 0.412. The van der Waals surface area contributed by atoms with Gasteiger partial charge in [0, 0.05) is 30.9 Å². The molecule has 4 atom stereocenters. The molecule has 0 radical (unpaired) electrons. The summed E-state index contributed by atoms with van der Waals surface area (Å²) in [6.45, 7) is 2.73. The number of alkyl halides is 1. The van der Waals surface area contributed by atoms with Crippen molar-refractivity contribution < 1.29 is 28.1 Å². The van der Waals surface area contributed by atoms with Gasteiger partial charge in [-0.2, -0.15) is 0 Å². The number of phenolic OH excluding ortho intramolecular Hbond substituents is 1. The average molecular weight is 600 g/mol. The Labute approximate surface area is 252 Å². The molecule has 3 unspecified atom stereocenters. The lowest BCUT2D eigenvalue weighted by molar-refractivity contribution is 0.107. The third kappa shape index (κ3) is 4.17. The van der Waals surface area contributed by atoms with Gasteiger partial charge in [-0.3, -0.25) is 14.3 Å². The first kappa shape index (κ1) is 27.4. The summed E-state index contributed by atoms with van der Waals surface area (Å²) >= 11 is 0. The van der Waals surface area contributed by atoms with Crippen molar-refractivity contribution in [3.8, 4) is 40.8 Å².